The lowest BCUT2D eigenvalue weighted by molar-refractivity contribution is 0.00988. The zero-order valence-corrected chi connectivity index (χ0v) is 16.5. The number of aliphatic imine (C=N–C) groups is 1. The fourth-order valence-electron chi connectivity index (χ4n) is 3.71. The summed E-state index contributed by atoms with van der Waals surface area (Å²) in [4.78, 5) is 6.99. The molecule has 2 unspecified atom stereocenters. The zero-order valence-electron chi connectivity index (χ0n) is 16.5. The lowest BCUT2D eigenvalue weighted by Gasteiger charge is -2.34. The first-order valence-electron chi connectivity index (χ1n) is 10.1. The van der Waals surface area contributed by atoms with Crippen LogP contribution in [-0.2, 0) is 9.47 Å². The number of likely N-dealkylation sites (tertiary alicyclic amines) is 1. The minimum Gasteiger partial charge on any atom is -0.385 e. The normalized spacial score (nSPS) is 23.5. The van der Waals surface area contributed by atoms with E-state index in [1.807, 2.05) is 12.1 Å². The Morgan fingerprint density at radius 3 is 2.74 bits per heavy atom. The number of nitrogens with zero attached hydrogens (tertiary/aromatic N) is 2. The maximum Gasteiger partial charge on any atom is 0.194 e. The highest BCUT2D eigenvalue weighted by Gasteiger charge is 2.41. The van der Waals surface area contributed by atoms with Gasteiger partial charge in [-0.25, -0.2) is 4.39 Å². The van der Waals surface area contributed by atoms with E-state index in [0.29, 0.717) is 6.10 Å². The van der Waals surface area contributed by atoms with Crippen LogP contribution in [0.15, 0.2) is 29.3 Å². The van der Waals surface area contributed by atoms with E-state index in [4.69, 9.17) is 9.47 Å². The second-order valence-corrected chi connectivity index (χ2v) is 7.32. The van der Waals surface area contributed by atoms with E-state index in [1.54, 1.807) is 19.2 Å². The number of methoxy groups -OCH3 is 1. The SMILES string of the molecule is CCN=C(NC1CC1c1ccccc1F)N1CCC(OCCCOC)CC1. The van der Waals surface area contributed by atoms with E-state index in [9.17, 15) is 4.39 Å². The molecule has 0 radical (unpaired) electrons. The van der Waals surface area contributed by atoms with Gasteiger partial charge in [-0.1, -0.05) is 18.2 Å². The standard InChI is InChI=1S/C21H32FN3O2/c1-3-23-21(24-20-15-18(20)17-7-4-5-8-19(17)22)25-11-9-16(10-12-25)27-14-6-13-26-2/h4-5,7-8,16,18,20H,3,6,9-15H2,1-2H3,(H,23,24). The Balaban J connectivity index is 1.47. The van der Waals surface area contributed by atoms with Crippen molar-refractivity contribution >= 4 is 5.96 Å². The molecule has 2 atom stereocenters. The molecule has 2 fully saturated rings. The summed E-state index contributed by atoms with van der Waals surface area (Å²) in [5.41, 5.74) is 0.814. The molecule has 1 aliphatic carbocycles. The van der Waals surface area contributed by atoms with Gasteiger partial charge in [-0.05, 0) is 44.2 Å². The number of rotatable bonds is 8. The van der Waals surface area contributed by atoms with E-state index >= 15 is 0 Å². The van der Waals surface area contributed by atoms with E-state index < -0.39 is 0 Å². The summed E-state index contributed by atoms with van der Waals surface area (Å²) < 4.78 is 25.0. The van der Waals surface area contributed by atoms with Gasteiger partial charge in [0, 0.05) is 51.9 Å². The predicted molar refractivity (Wildman–Crippen MR) is 106 cm³/mol. The van der Waals surface area contributed by atoms with Gasteiger partial charge in [0.2, 0.25) is 0 Å². The second kappa shape index (κ2) is 10.0. The minimum atomic E-state index is -0.104. The minimum absolute atomic E-state index is 0.104. The van der Waals surface area contributed by atoms with Crippen LogP contribution in [-0.4, -0.2) is 63.0 Å². The van der Waals surface area contributed by atoms with Crippen molar-refractivity contribution in [3.8, 4) is 0 Å². The summed E-state index contributed by atoms with van der Waals surface area (Å²) in [5.74, 6) is 1.10. The fraction of sp³-hybridized carbons (Fsp3) is 0.667. The molecule has 5 nitrogen and oxygen atoms in total. The highest BCUT2D eigenvalue weighted by molar-refractivity contribution is 5.81. The largest absolute Gasteiger partial charge is 0.385 e. The van der Waals surface area contributed by atoms with Crippen LogP contribution in [0, 0.1) is 5.82 Å². The van der Waals surface area contributed by atoms with Crippen LogP contribution in [0.3, 0.4) is 0 Å². The molecule has 0 bridgehead atoms. The average Bonchev–Trinajstić information content (AvgIpc) is 3.45. The number of nitrogens with one attached hydrogen (secondary N) is 1. The van der Waals surface area contributed by atoms with E-state index in [1.165, 1.54) is 0 Å². The van der Waals surface area contributed by atoms with Crippen LogP contribution in [0.1, 0.15) is 44.1 Å². The van der Waals surface area contributed by atoms with Crippen molar-refractivity contribution in [1.29, 1.82) is 0 Å². The predicted octanol–water partition coefficient (Wildman–Crippen LogP) is 3.16. The summed E-state index contributed by atoms with van der Waals surface area (Å²) in [6.07, 6.45) is 4.26. The van der Waals surface area contributed by atoms with Gasteiger partial charge in [-0.3, -0.25) is 4.99 Å². The Bertz CT molecular complexity index is 617. The van der Waals surface area contributed by atoms with Crippen LogP contribution < -0.4 is 5.32 Å². The van der Waals surface area contributed by atoms with Crippen molar-refractivity contribution in [2.75, 3.05) is 40.0 Å². The molecule has 0 aromatic heterocycles. The van der Waals surface area contributed by atoms with Crippen LogP contribution in [0.2, 0.25) is 0 Å². The molecule has 0 spiro atoms. The number of hydrogen-bond donors (Lipinski definition) is 1. The van der Waals surface area contributed by atoms with E-state index in [-0.39, 0.29) is 17.8 Å². The van der Waals surface area contributed by atoms with Crippen LogP contribution >= 0.6 is 0 Å². The number of guanidine groups is 1. The summed E-state index contributed by atoms with van der Waals surface area (Å²) in [6, 6.07) is 7.37. The number of piperidine rings is 1. The first-order valence-corrected chi connectivity index (χ1v) is 10.1. The number of ether oxygens (including phenoxy) is 2. The smallest absolute Gasteiger partial charge is 0.194 e. The number of hydrogen-bond acceptors (Lipinski definition) is 3. The first kappa shape index (κ1) is 20.1. The molecule has 1 saturated heterocycles. The highest BCUT2D eigenvalue weighted by atomic mass is 19.1. The summed E-state index contributed by atoms with van der Waals surface area (Å²) >= 11 is 0. The van der Waals surface area contributed by atoms with Crippen molar-refractivity contribution in [3.05, 3.63) is 35.6 Å². The van der Waals surface area contributed by atoms with E-state index in [0.717, 1.165) is 70.1 Å². The van der Waals surface area contributed by atoms with Gasteiger partial charge in [-0.2, -0.15) is 0 Å². The molecule has 1 aromatic rings. The van der Waals surface area contributed by atoms with Gasteiger partial charge in [-0.15, -0.1) is 0 Å². The fourth-order valence-corrected chi connectivity index (χ4v) is 3.71. The third kappa shape index (κ3) is 5.66. The second-order valence-electron chi connectivity index (χ2n) is 7.32. The van der Waals surface area contributed by atoms with Gasteiger partial charge in [0.1, 0.15) is 5.82 Å². The van der Waals surface area contributed by atoms with Crippen LogP contribution in [0.25, 0.3) is 0 Å². The topological polar surface area (TPSA) is 46.1 Å². The highest BCUT2D eigenvalue weighted by Crippen LogP contribution is 2.42. The molecule has 2 aliphatic rings. The van der Waals surface area contributed by atoms with Crippen molar-refractivity contribution in [1.82, 2.24) is 10.2 Å². The monoisotopic (exact) mass is 377 g/mol. The Morgan fingerprint density at radius 1 is 1.26 bits per heavy atom. The molecular formula is C21H32FN3O2. The van der Waals surface area contributed by atoms with E-state index in [2.05, 4.69) is 22.1 Å². The maximum atomic E-state index is 14.0. The third-order valence-electron chi connectivity index (χ3n) is 5.31. The first-order chi connectivity index (χ1) is 13.2. The molecule has 27 heavy (non-hydrogen) atoms. The Morgan fingerprint density at radius 2 is 2.04 bits per heavy atom. The molecule has 1 aliphatic heterocycles. The molecular weight excluding hydrogens is 345 g/mol. The lowest BCUT2D eigenvalue weighted by atomic mass is 10.1. The zero-order chi connectivity index (χ0) is 19.1. The molecule has 1 heterocycles. The van der Waals surface area contributed by atoms with Gasteiger partial charge in [0.05, 0.1) is 6.10 Å². The van der Waals surface area contributed by atoms with Gasteiger partial charge >= 0.3 is 0 Å². The van der Waals surface area contributed by atoms with Gasteiger partial charge in [0.25, 0.3) is 0 Å². The molecule has 1 saturated carbocycles. The average molecular weight is 378 g/mol. The summed E-state index contributed by atoms with van der Waals surface area (Å²) in [7, 11) is 1.72. The van der Waals surface area contributed by atoms with Gasteiger partial charge < -0.3 is 19.7 Å². The molecule has 6 heteroatoms. The summed E-state index contributed by atoms with van der Waals surface area (Å²) in [5, 5.41) is 3.56. The summed E-state index contributed by atoms with van der Waals surface area (Å²) in [6.45, 7) is 6.19. The molecule has 1 N–H and O–H groups in total. The quantitative estimate of drug-likeness (QED) is 0.429. The Labute approximate surface area is 161 Å². The lowest BCUT2D eigenvalue weighted by Crippen LogP contribution is -2.48. The third-order valence-corrected chi connectivity index (χ3v) is 5.31. The number of benzene rings is 1. The number of halogens is 1. The van der Waals surface area contributed by atoms with Crippen LogP contribution in [0.4, 0.5) is 4.39 Å². The van der Waals surface area contributed by atoms with Crippen molar-refractivity contribution < 1.29 is 13.9 Å². The van der Waals surface area contributed by atoms with Crippen LogP contribution in [0.5, 0.6) is 0 Å². The Hall–Kier alpha value is -1.66. The molecule has 0 amide bonds. The Kier molecular flexibility index (Phi) is 7.47. The molecule has 150 valence electrons. The molecule has 1 aromatic carbocycles. The van der Waals surface area contributed by atoms with Crippen molar-refractivity contribution in [2.24, 2.45) is 4.99 Å². The van der Waals surface area contributed by atoms with Crippen molar-refractivity contribution in [2.45, 2.75) is 50.7 Å². The van der Waals surface area contributed by atoms with Crippen molar-refractivity contribution in [3.63, 3.8) is 0 Å². The maximum absolute atomic E-state index is 14.0. The molecule has 3 rings (SSSR count). The van der Waals surface area contributed by atoms with Gasteiger partial charge in [0.15, 0.2) is 5.96 Å².